The number of carbonyl (C=O) groups excluding carboxylic acids is 1. The Morgan fingerprint density at radius 1 is 1.22 bits per heavy atom. The Hall–Kier alpha value is -3.02. The maximum atomic E-state index is 11.3. The van der Waals surface area contributed by atoms with Gasteiger partial charge in [-0.05, 0) is 38.7 Å². The highest BCUT2D eigenvalue weighted by Crippen LogP contribution is 2.37. The lowest BCUT2D eigenvalue weighted by Crippen LogP contribution is -2.54. The molecular weight excluding hydrogens is 496 g/mol. The quantitative estimate of drug-likeness (QED) is 0.359. The summed E-state index contributed by atoms with van der Waals surface area (Å²) in [6.07, 6.45) is 8.01. The van der Waals surface area contributed by atoms with Crippen LogP contribution in [0.25, 0.3) is 11.3 Å². The van der Waals surface area contributed by atoms with Crippen molar-refractivity contribution >= 4 is 35.1 Å². The van der Waals surface area contributed by atoms with E-state index in [2.05, 4.69) is 38.6 Å². The number of rotatable bonds is 7. The number of halogens is 1. The van der Waals surface area contributed by atoms with Crippen LogP contribution in [0.2, 0.25) is 5.02 Å². The van der Waals surface area contributed by atoms with Gasteiger partial charge in [-0.15, -0.1) is 0 Å². The molecule has 37 heavy (non-hydrogen) atoms. The van der Waals surface area contributed by atoms with Crippen molar-refractivity contribution in [3.8, 4) is 11.3 Å². The molecule has 1 aliphatic heterocycles. The number of ether oxygens (including phenoxy) is 2. The second kappa shape index (κ2) is 12.0. The van der Waals surface area contributed by atoms with E-state index < -0.39 is 12.0 Å². The Morgan fingerprint density at radius 2 is 1.92 bits per heavy atom. The summed E-state index contributed by atoms with van der Waals surface area (Å²) in [5, 5.41) is 8.55. The van der Waals surface area contributed by atoms with E-state index in [-0.39, 0.29) is 23.7 Å². The number of amides is 1. The van der Waals surface area contributed by atoms with E-state index in [9.17, 15) is 4.79 Å². The standard InChI is InChI=1S/C25H35ClN8O3/c1-15-12-36-13-16(2)34(15)14-33(11-17-6-4-3-5-7-17)21-20(18-8-19(26)10-30-9-18)31-24(32-22(21)27)23(28)37-25(29)35/h8-10,15-17,28H,3-7,11-14H2,1-2H3,(H2,29,35)(H2,27,31,32)/t15-,16-/m1/s1. The van der Waals surface area contributed by atoms with E-state index in [0.717, 1.165) is 19.4 Å². The third-order valence-corrected chi connectivity index (χ3v) is 7.21. The predicted octanol–water partition coefficient (Wildman–Crippen LogP) is 3.65. The van der Waals surface area contributed by atoms with Crippen molar-refractivity contribution in [1.82, 2.24) is 19.9 Å². The first-order valence-corrected chi connectivity index (χ1v) is 13.0. The summed E-state index contributed by atoms with van der Waals surface area (Å²) in [5.74, 6) is -0.0690. The Morgan fingerprint density at radius 3 is 2.57 bits per heavy atom. The van der Waals surface area contributed by atoms with Crippen LogP contribution < -0.4 is 16.4 Å². The second-order valence-corrected chi connectivity index (χ2v) is 10.3. The predicted molar refractivity (Wildman–Crippen MR) is 143 cm³/mol. The SMILES string of the molecule is C[C@@H]1COC[C@@H](C)N1CN(CC1CCCCC1)c1c(N)nc(C(=N)OC(N)=O)nc1-c1cncc(Cl)c1. The van der Waals surface area contributed by atoms with Crippen LogP contribution in [0.4, 0.5) is 16.3 Å². The van der Waals surface area contributed by atoms with E-state index in [4.69, 9.17) is 38.0 Å². The maximum Gasteiger partial charge on any atom is 0.411 e. The smallest absolute Gasteiger partial charge is 0.388 e. The zero-order chi connectivity index (χ0) is 26.5. The molecule has 1 saturated heterocycles. The fraction of sp³-hybridized carbons (Fsp3) is 0.560. The van der Waals surface area contributed by atoms with Crippen LogP contribution in [0.1, 0.15) is 51.8 Å². The molecular formula is C25H35ClN8O3. The third kappa shape index (κ3) is 6.65. The van der Waals surface area contributed by atoms with Gasteiger partial charge in [-0.25, -0.2) is 14.8 Å². The molecule has 1 amide bonds. The lowest BCUT2D eigenvalue weighted by Gasteiger charge is -2.43. The van der Waals surface area contributed by atoms with Crippen molar-refractivity contribution in [2.75, 3.05) is 37.1 Å². The molecule has 0 spiro atoms. The molecule has 1 aliphatic carbocycles. The Labute approximate surface area is 222 Å². The van der Waals surface area contributed by atoms with Crippen molar-refractivity contribution in [2.45, 2.75) is 58.0 Å². The Balaban J connectivity index is 1.81. The number of pyridine rings is 1. The van der Waals surface area contributed by atoms with Gasteiger partial charge in [0.15, 0.2) is 5.82 Å². The molecule has 5 N–H and O–H groups in total. The fourth-order valence-electron chi connectivity index (χ4n) is 5.19. The van der Waals surface area contributed by atoms with Crippen molar-refractivity contribution < 1.29 is 14.3 Å². The molecule has 2 fully saturated rings. The number of aromatic nitrogens is 3. The third-order valence-electron chi connectivity index (χ3n) is 7.00. The number of morpholine rings is 1. The Kier molecular flexibility index (Phi) is 8.78. The number of carbonyl (C=O) groups is 1. The van der Waals surface area contributed by atoms with Gasteiger partial charge in [0.25, 0.3) is 5.90 Å². The minimum Gasteiger partial charge on any atom is -0.388 e. The van der Waals surface area contributed by atoms with Crippen molar-refractivity contribution in [3.05, 3.63) is 29.3 Å². The lowest BCUT2D eigenvalue weighted by atomic mass is 9.89. The number of nitrogens with one attached hydrogen (secondary N) is 1. The van der Waals surface area contributed by atoms with Gasteiger partial charge in [-0.1, -0.05) is 30.9 Å². The first-order valence-electron chi connectivity index (χ1n) is 12.7. The largest absolute Gasteiger partial charge is 0.411 e. The van der Waals surface area contributed by atoms with Crippen molar-refractivity contribution in [1.29, 1.82) is 5.41 Å². The van der Waals surface area contributed by atoms with Crippen LogP contribution in [0.3, 0.4) is 0 Å². The normalized spacial score (nSPS) is 20.9. The van der Waals surface area contributed by atoms with E-state index in [1.54, 1.807) is 12.3 Å². The molecule has 2 aromatic heterocycles. The molecule has 0 aromatic carbocycles. The van der Waals surface area contributed by atoms with Gasteiger partial charge in [0.1, 0.15) is 11.4 Å². The zero-order valence-corrected chi connectivity index (χ0v) is 22.1. The number of hydrogen-bond acceptors (Lipinski definition) is 10. The van der Waals surface area contributed by atoms with E-state index >= 15 is 0 Å². The molecule has 0 unspecified atom stereocenters. The molecule has 3 heterocycles. The van der Waals surface area contributed by atoms with Crippen LogP contribution in [-0.2, 0) is 9.47 Å². The summed E-state index contributed by atoms with van der Waals surface area (Å²) >= 11 is 6.29. The van der Waals surface area contributed by atoms with Crippen LogP contribution in [0.15, 0.2) is 18.5 Å². The summed E-state index contributed by atoms with van der Waals surface area (Å²) < 4.78 is 10.5. The van der Waals surface area contributed by atoms with E-state index in [1.165, 1.54) is 25.5 Å². The van der Waals surface area contributed by atoms with Gasteiger partial charge >= 0.3 is 6.09 Å². The molecule has 4 rings (SSSR count). The number of nitrogen functional groups attached to an aromatic ring is 1. The van der Waals surface area contributed by atoms with E-state index in [0.29, 0.717) is 47.8 Å². The minimum absolute atomic E-state index is 0.152. The Bertz CT molecular complexity index is 1120. The van der Waals surface area contributed by atoms with Gasteiger partial charge in [-0.2, -0.15) is 0 Å². The fourth-order valence-corrected chi connectivity index (χ4v) is 5.36. The highest BCUT2D eigenvalue weighted by atomic mass is 35.5. The monoisotopic (exact) mass is 530 g/mol. The van der Waals surface area contributed by atoms with Crippen LogP contribution in [-0.4, -0.2) is 70.4 Å². The molecule has 12 heteroatoms. The number of hydrogen-bond donors (Lipinski definition) is 3. The van der Waals surface area contributed by atoms with Crippen molar-refractivity contribution in [2.24, 2.45) is 11.7 Å². The number of nitrogens with two attached hydrogens (primary N) is 2. The zero-order valence-electron chi connectivity index (χ0n) is 21.3. The topological polar surface area (TPSA) is 157 Å². The average molecular weight is 531 g/mol. The van der Waals surface area contributed by atoms with Gasteiger partial charge in [-0.3, -0.25) is 15.3 Å². The molecule has 2 atom stereocenters. The lowest BCUT2D eigenvalue weighted by molar-refractivity contribution is -0.0366. The van der Waals surface area contributed by atoms with Crippen LogP contribution >= 0.6 is 11.6 Å². The van der Waals surface area contributed by atoms with E-state index in [1.807, 2.05) is 0 Å². The highest BCUT2D eigenvalue weighted by Gasteiger charge is 2.31. The molecule has 1 saturated carbocycles. The molecule has 0 radical (unpaired) electrons. The van der Waals surface area contributed by atoms with Gasteiger partial charge in [0.05, 0.1) is 24.9 Å². The van der Waals surface area contributed by atoms with Crippen molar-refractivity contribution in [3.63, 3.8) is 0 Å². The summed E-state index contributed by atoms with van der Waals surface area (Å²) in [6, 6.07) is 2.17. The first-order chi connectivity index (χ1) is 17.7. The molecule has 11 nitrogen and oxygen atoms in total. The van der Waals surface area contributed by atoms with Gasteiger partial charge < -0.3 is 25.8 Å². The molecule has 2 aliphatic rings. The summed E-state index contributed by atoms with van der Waals surface area (Å²) in [6.45, 7) is 6.99. The minimum atomic E-state index is -1.13. The molecule has 200 valence electrons. The summed E-state index contributed by atoms with van der Waals surface area (Å²) in [4.78, 5) is 29.1. The number of anilines is 2. The van der Waals surface area contributed by atoms with Crippen LogP contribution in [0.5, 0.6) is 0 Å². The average Bonchev–Trinajstić information content (AvgIpc) is 2.85. The number of nitrogens with zero attached hydrogens (tertiary/aromatic N) is 5. The molecule has 0 bridgehead atoms. The number of primary amides is 1. The van der Waals surface area contributed by atoms with Crippen LogP contribution in [0, 0.1) is 11.3 Å². The summed E-state index contributed by atoms with van der Waals surface area (Å²) in [5.41, 5.74) is 13.4. The highest BCUT2D eigenvalue weighted by molar-refractivity contribution is 6.30. The first kappa shape index (κ1) is 27.0. The van der Waals surface area contributed by atoms with Gasteiger partial charge in [0.2, 0.25) is 5.82 Å². The maximum absolute atomic E-state index is 11.3. The summed E-state index contributed by atoms with van der Waals surface area (Å²) in [7, 11) is 0. The molecule has 2 aromatic rings. The van der Waals surface area contributed by atoms with Gasteiger partial charge in [0, 0.05) is 36.6 Å². The second-order valence-electron chi connectivity index (χ2n) is 9.89.